The lowest BCUT2D eigenvalue weighted by molar-refractivity contribution is 0.0647. The van der Waals surface area contributed by atoms with Crippen LogP contribution in [-0.2, 0) is 21.1 Å². The van der Waals surface area contributed by atoms with Crippen LogP contribution >= 0.6 is 18.4 Å². The minimum atomic E-state index is -0.954. The monoisotopic (exact) mass is 157 g/mol. The molecule has 0 aliphatic carbocycles. The fraction of sp³-hybridized carbons (Fsp3) is 1.00. The van der Waals surface area contributed by atoms with E-state index in [2.05, 4.69) is 28.8 Å². The van der Waals surface area contributed by atoms with Gasteiger partial charge in [0.1, 0.15) is 12.2 Å². The Bertz CT molecular complexity index is 66.7. The first-order chi connectivity index (χ1) is 3.27. The highest BCUT2D eigenvalue weighted by Gasteiger charge is 1.99. The van der Waals surface area contributed by atoms with Gasteiger partial charge in [-0.3, -0.25) is 0 Å². The Hall–Kier alpha value is 0.790. The standard InChI is InChI=1S/C2H5O2PS2/c1-3-2-4-5(6)7/h2H2,1H3/p+1. The maximum atomic E-state index is 4.71. The number of methoxy groups -OCH3 is 1. The van der Waals surface area contributed by atoms with E-state index in [0.717, 1.165) is 0 Å². The highest BCUT2D eigenvalue weighted by molar-refractivity contribution is 8.54. The lowest BCUT2D eigenvalue weighted by atomic mass is 11.4. The van der Waals surface area contributed by atoms with Crippen LogP contribution in [0.3, 0.4) is 0 Å². The Morgan fingerprint density at radius 3 is 2.57 bits per heavy atom. The van der Waals surface area contributed by atoms with E-state index in [4.69, 9.17) is 4.52 Å². The second kappa shape index (κ2) is 4.94. The topological polar surface area (TPSA) is 18.5 Å². The van der Waals surface area contributed by atoms with Crippen molar-refractivity contribution in [3.8, 4) is 0 Å². The number of ether oxygens (including phenoxy) is 1. The van der Waals surface area contributed by atoms with E-state index < -0.39 is 6.13 Å². The third-order valence-electron chi connectivity index (χ3n) is 0.281. The Morgan fingerprint density at radius 2 is 2.43 bits per heavy atom. The van der Waals surface area contributed by atoms with E-state index in [9.17, 15) is 0 Å². The van der Waals surface area contributed by atoms with E-state index in [1.807, 2.05) is 0 Å². The first-order valence-corrected chi connectivity index (χ1v) is 4.98. The van der Waals surface area contributed by atoms with Gasteiger partial charge < -0.3 is 4.74 Å². The summed E-state index contributed by atoms with van der Waals surface area (Å²) in [4.78, 5) is 0. The maximum Gasteiger partial charge on any atom is 0.413 e. The molecule has 0 saturated carbocycles. The highest BCUT2D eigenvalue weighted by Crippen LogP contribution is 2.26. The molecular weight excluding hydrogens is 151 g/mol. The van der Waals surface area contributed by atoms with Crippen LogP contribution in [0.15, 0.2) is 0 Å². The molecule has 0 aromatic carbocycles. The van der Waals surface area contributed by atoms with Crippen LogP contribution in [0, 0.1) is 0 Å². The summed E-state index contributed by atoms with van der Waals surface area (Å²) in [5, 5.41) is 0. The third-order valence-corrected chi connectivity index (χ3v) is 1.27. The summed E-state index contributed by atoms with van der Waals surface area (Å²) in [6.45, 7) is 0.249. The second-order valence-electron chi connectivity index (χ2n) is 0.773. The zero-order chi connectivity index (χ0) is 5.70. The fourth-order valence-electron chi connectivity index (χ4n) is 0.0978. The highest BCUT2D eigenvalue weighted by atomic mass is 32.9. The van der Waals surface area contributed by atoms with Crippen LogP contribution in [0.25, 0.3) is 0 Å². The SMILES string of the molecule is COCO[P+](=S)S. The zero-order valence-corrected chi connectivity index (χ0v) is 6.43. The average molecular weight is 157 g/mol. The van der Waals surface area contributed by atoms with Crippen molar-refractivity contribution < 1.29 is 9.26 Å². The summed E-state index contributed by atoms with van der Waals surface area (Å²) in [5.74, 6) is 0. The molecule has 0 amide bonds. The molecule has 0 bridgehead atoms. The lowest BCUT2D eigenvalue weighted by Crippen LogP contribution is -1.84. The molecule has 7 heavy (non-hydrogen) atoms. The molecule has 0 aliphatic heterocycles. The van der Waals surface area contributed by atoms with Crippen molar-refractivity contribution in [2.45, 2.75) is 0 Å². The van der Waals surface area contributed by atoms with Gasteiger partial charge in [0.25, 0.3) is 0 Å². The van der Waals surface area contributed by atoms with Crippen molar-refractivity contribution in [3.05, 3.63) is 0 Å². The van der Waals surface area contributed by atoms with Gasteiger partial charge in [-0.15, -0.1) is 4.52 Å². The zero-order valence-electron chi connectivity index (χ0n) is 3.83. The molecular formula is C2H6O2PS2+. The predicted molar refractivity (Wildman–Crippen MR) is 36.2 cm³/mol. The number of rotatable bonds is 3. The van der Waals surface area contributed by atoms with E-state index in [-0.39, 0.29) is 6.79 Å². The van der Waals surface area contributed by atoms with Gasteiger partial charge in [0.2, 0.25) is 11.8 Å². The molecule has 0 N–H and O–H groups in total. The van der Waals surface area contributed by atoms with Crippen molar-refractivity contribution in [2.75, 3.05) is 13.9 Å². The largest absolute Gasteiger partial charge is 0.413 e. The first kappa shape index (κ1) is 7.79. The molecule has 42 valence electrons. The van der Waals surface area contributed by atoms with Crippen LogP contribution in [0.1, 0.15) is 0 Å². The van der Waals surface area contributed by atoms with E-state index in [1.54, 1.807) is 7.11 Å². The molecule has 1 unspecified atom stereocenters. The summed E-state index contributed by atoms with van der Waals surface area (Å²) >= 11 is 8.38. The quantitative estimate of drug-likeness (QED) is 0.378. The fourth-order valence-corrected chi connectivity index (χ4v) is 0.564. The van der Waals surface area contributed by atoms with Crippen molar-refractivity contribution in [1.29, 1.82) is 0 Å². The van der Waals surface area contributed by atoms with E-state index in [1.165, 1.54) is 0 Å². The molecule has 0 heterocycles. The predicted octanol–water partition coefficient (Wildman–Crippen LogP) is 1.31. The summed E-state index contributed by atoms with van der Waals surface area (Å²) in [5.41, 5.74) is 0. The number of hydrogen-bond donors (Lipinski definition) is 1. The molecule has 2 nitrogen and oxygen atoms in total. The summed E-state index contributed by atoms with van der Waals surface area (Å²) in [6, 6.07) is 0. The number of hydrogen-bond acceptors (Lipinski definition) is 3. The molecule has 0 aromatic rings. The van der Waals surface area contributed by atoms with Crippen molar-refractivity contribution >= 4 is 30.2 Å². The summed E-state index contributed by atoms with van der Waals surface area (Å²) < 4.78 is 9.24. The van der Waals surface area contributed by atoms with Crippen LogP contribution in [0.4, 0.5) is 0 Å². The van der Waals surface area contributed by atoms with Crippen LogP contribution in [0.2, 0.25) is 0 Å². The molecule has 1 atom stereocenters. The average Bonchev–Trinajstić information content (AvgIpc) is 1.61. The molecule has 5 heteroatoms. The Labute approximate surface area is 53.9 Å². The lowest BCUT2D eigenvalue weighted by Gasteiger charge is -1.83. The van der Waals surface area contributed by atoms with Gasteiger partial charge in [-0.2, -0.15) is 0 Å². The minimum Gasteiger partial charge on any atom is -0.354 e. The Kier molecular flexibility index (Phi) is 5.49. The number of thiol groups is 1. The molecule has 0 rings (SSSR count). The molecule has 0 aromatic heterocycles. The van der Waals surface area contributed by atoms with Gasteiger partial charge >= 0.3 is 6.13 Å². The Balaban J connectivity index is 2.82. The van der Waals surface area contributed by atoms with Crippen molar-refractivity contribution in [1.82, 2.24) is 0 Å². The molecule has 0 aliphatic rings. The maximum absolute atomic E-state index is 4.71. The molecule has 0 radical (unpaired) electrons. The first-order valence-electron chi connectivity index (χ1n) is 1.55. The Morgan fingerprint density at radius 1 is 1.86 bits per heavy atom. The van der Waals surface area contributed by atoms with Crippen LogP contribution < -0.4 is 0 Å². The summed E-state index contributed by atoms with van der Waals surface area (Å²) in [6.07, 6.45) is -0.954. The minimum absolute atomic E-state index is 0.249. The smallest absolute Gasteiger partial charge is 0.354 e. The second-order valence-corrected chi connectivity index (χ2v) is 4.40. The van der Waals surface area contributed by atoms with Gasteiger partial charge in [-0.05, 0) is 0 Å². The van der Waals surface area contributed by atoms with Crippen LogP contribution in [-0.4, -0.2) is 13.9 Å². The molecule has 0 spiro atoms. The molecule has 0 saturated heterocycles. The van der Waals surface area contributed by atoms with E-state index in [0.29, 0.717) is 0 Å². The third kappa shape index (κ3) is 6.79. The van der Waals surface area contributed by atoms with Gasteiger partial charge in [-0.25, -0.2) is 0 Å². The van der Waals surface area contributed by atoms with Crippen molar-refractivity contribution in [2.24, 2.45) is 0 Å². The van der Waals surface area contributed by atoms with Gasteiger partial charge in [0.05, 0.1) is 0 Å². The van der Waals surface area contributed by atoms with Crippen LogP contribution in [0.5, 0.6) is 0 Å². The molecule has 0 fully saturated rings. The van der Waals surface area contributed by atoms with Gasteiger partial charge in [0, 0.05) is 7.11 Å². The van der Waals surface area contributed by atoms with E-state index >= 15 is 0 Å². The summed E-state index contributed by atoms with van der Waals surface area (Å²) in [7, 11) is 1.54. The van der Waals surface area contributed by atoms with Gasteiger partial charge in [0.15, 0.2) is 6.79 Å². The van der Waals surface area contributed by atoms with Crippen molar-refractivity contribution in [3.63, 3.8) is 0 Å². The normalized spacial score (nSPS) is 11.4. The van der Waals surface area contributed by atoms with Gasteiger partial charge in [-0.1, -0.05) is 0 Å².